The normalized spacial score (nSPS) is 12.2. The molecule has 0 spiro atoms. The first-order valence-electron chi connectivity index (χ1n) is 7.23. The number of carboxylic acids is 1. The van der Waals surface area contributed by atoms with E-state index in [0.717, 1.165) is 12.0 Å². The summed E-state index contributed by atoms with van der Waals surface area (Å²) >= 11 is 0. The highest BCUT2D eigenvalue weighted by Gasteiger charge is 2.23. The Labute approximate surface area is 125 Å². The molecule has 0 unspecified atom stereocenters. The highest BCUT2D eigenvalue weighted by molar-refractivity contribution is 5.82. The van der Waals surface area contributed by atoms with Crippen LogP contribution in [0.25, 0.3) is 0 Å². The zero-order valence-electron chi connectivity index (χ0n) is 12.7. The van der Waals surface area contributed by atoms with Crippen molar-refractivity contribution in [2.45, 2.75) is 45.2 Å². The quantitative estimate of drug-likeness (QED) is 0.763. The molecule has 1 amide bonds. The SMILES string of the molecule is CC(C)N(CCC(=O)O)C(=O)[C@@H](N)CCc1ccccc1. The molecule has 0 saturated heterocycles. The monoisotopic (exact) mass is 292 g/mol. The van der Waals surface area contributed by atoms with Crippen LogP contribution in [0.5, 0.6) is 0 Å². The van der Waals surface area contributed by atoms with Crippen LogP contribution in [0.4, 0.5) is 0 Å². The Balaban J connectivity index is 2.55. The van der Waals surface area contributed by atoms with Gasteiger partial charge in [0, 0.05) is 12.6 Å². The van der Waals surface area contributed by atoms with Crippen LogP contribution in [0, 0.1) is 0 Å². The standard InChI is InChI=1S/C16H24N2O3/c1-12(2)18(11-10-15(19)20)16(21)14(17)9-8-13-6-4-3-5-7-13/h3-7,12,14H,8-11,17H2,1-2H3,(H,19,20)/t14-/m0/s1. The van der Waals surface area contributed by atoms with Crippen LogP contribution in [0.1, 0.15) is 32.3 Å². The molecule has 0 aliphatic carbocycles. The van der Waals surface area contributed by atoms with Crippen molar-refractivity contribution in [3.05, 3.63) is 35.9 Å². The number of benzene rings is 1. The maximum atomic E-state index is 12.3. The molecule has 1 aromatic rings. The third kappa shape index (κ3) is 5.95. The molecule has 0 bridgehead atoms. The van der Waals surface area contributed by atoms with Gasteiger partial charge in [-0.25, -0.2) is 0 Å². The summed E-state index contributed by atoms with van der Waals surface area (Å²) in [5.41, 5.74) is 7.11. The second-order valence-electron chi connectivity index (χ2n) is 5.40. The summed E-state index contributed by atoms with van der Waals surface area (Å²) in [4.78, 5) is 24.5. The molecule has 5 nitrogen and oxygen atoms in total. The number of nitrogens with two attached hydrogens (primary N) is 1. The number of carbonyl (C=O) groups excluding carboxylic acids is 1. The van der Waals surface area contributed by atoms with Gasteiger partial charge in [-0.05, 0) is 32.3 Å². The average molecular weight is 292 g/mol. The van der Waals surface area contributed by atoms with Crippen LogP contribution < -0.4 is 5.73 Å². The maximum absolute atomic E-state index is 12.3. The first kappa shape index (κ1) is 17.2. The molecule has 0 aliphatic heterocycles. The highest BCUT2D eigenvalue weighted by Crippen LogP contribution is 2.08. The molecule has 21 heavy (non-hydrogen) atoms. The van der Waals surface area contributed by atoms with Gasteiger partial charge >= 0.3 is 5.97 Å². The fourth-order valence-corrected chi connectivity index (χ4v) is 2.14. The fraction of sp³-hybridized carbons (Fsp3) is 0.500. The van der Waals surface area contributed by atoms with Gasteiger partial charge in [0.15, 0.2) is 0 Å². The Bertz CT molecular complexity index is 460. The lowest BCUT2D eigenvalue weighted by Crippen LogP contribution is -2.47. The van der Waals surface area contributed by atoms with E-state index in [2.05, 4.69) is 0 Å². The van der Waals surface area contributed by atoms with Crippen molar-refractivity contribution in [3.8, 4) is 0 Å². The second-order valence-corrected chi connectivity index (χ2v) is 5.40. The van der Waals surface area contributed by atoms with Gasteiger partial charge in [0.2, 0.25) is 5.91 Å². The van der Waals surface area contributed by atoms with E-state index in [-0.39, 0.29) is 24.9 Å². The third-order valence-electron chi connectivity index (χ3n) is 3.38. The van der Waals surface area contributed by atoms with Crippen LogP contribution in [0.3, 0.4) is 0 Å². The van der Waals surface area contributed by atoms with Gasteiger partial charge in [-0.1, -0.05) is 30.3 Å². The molecule has 1 aromatic carbocycles. The number of nitrogens with zero attached hydrogens (tertiary/aromatic N) is 1. The Morgan fingerprint density at radius 3 is 2.38 bits per heavy atom. The van der Waals surface area contributed by atoms with Crippen LogP contribution in [0.15, 0.2) is 30.3 Å². The van der Waals surface area contributed by atoms with E-state index in [4.69, 9.17) is 10.8 Å². The van der Waals surface area contributed by atoms with Gasteiger partial charge in [0.05, 0.1) is 12.5 Å². The lowest BCUT2D eigenvalue weighted by molar-refractivity contribution is -0.139. The van der Waals surface area contributed by atoms with E-state index in [1.807, 2.05) is 44.2 Å². The van der Waals surface area contributed by atoms with Crippen LogP contribution in [0.2, 0.25) is 0 Å². The average Bonchev–Trinajstić information content (AvgIpc) is 2.45. The Morgan fingerprint density at radius 1 is 1.24 bits per heavy atom. The van der Waals surface area contributed by atoms with Crippen LogP contribution >= 0.6 is 0 Å². The summed E-state index contributed by atoms with van der Waals surface area (Å²) in [6.07, 6.45) is 1.23. The summed E-state index contributed by atoms with van der Waals surface area (Å²) in [6, 6.07) is 9.21. The third-order valence-corrected chi connectivity index (χ3v) is 3.38. The van der Waals surface area contributed by atoms with Crippen molar-refractivity contribution in [2.75, 3.05) is 6.54 Å². The van der Waals surface area contributed by atoms with Gasteiger partial charge in [0.25, 0.3) is 0 Å². The highest BCUT2D eigenvalue weighted by atomic mass is 16.4. The fourth-order valence-electron chi connectivity index (χ4n) is 2.14. The topological polar surface area (TPSA) is 83.6 Å². The molecule has 0 saturated carbocycles. The number of hydrogen-bond acceptors (Lipinski definition) is 3. The minimum absolute atomic E-state index is 0.0559. The predicted octanol–water partition coefficient (Wildman–Crippen LogP) is 1.66. The number of carbonyl (C=O) groups is 2. The van der Waals surface area contributed by atoms with Gasteiger partial charge in [-0.15, -0.1) is 0 Å². The Kier molecular flexibility index (Phi) is 6.88. The van der Waals surface area contributed by atoms with Crippen molar-refractivity contribution in [2.24, 2.45) is 5.73 Å². The van der Waals surface area contributed by atoms with E-state index in [1.54, 1.807) is 4.90 Å². The van der Waals surface area contributed by atoms with E-state index >= 15 is 0 Å². The van der Waals surface area contributed by atoms with Gasteiger partial charge < -0.3 is 15.7 Å². The summed E-state index contributed by atoms with van der Waals surface area (Å²) in [5, 5.41) is 8.75. The van der Waals surface area contributed by atoms with Crippen molar-refractivity contribution in [1.29, 1.82) is 0 Å². The molecule has 3 N–H and O–H groups in total. The molecule has 0 aromatic heterocycles. The molecule has 0 fully saturated rings. The van der Waals surface area contributed by atoms with Crippen molar-refractivity contribution in [3.63, 3.8) is 0 Å². The van der Waals surface area contributed by atoms with Gasteiger partial charge in [-0.3, -0.25) is 9.59 Å². The molecule has 5 heteroatoms. The van der Waals surface area contributed by atoms with Gasteiger partial charge in [-0.2, -0.15) is 0 Å². The summed E-state index contributed by atoms with van der Waals surface area (Å²) in [7, 11) is 0. The zero-order valence-corrected chi connectivity index (χ0v) is 12.7. The minimum Gasteiger partial charge on any atom is -0.481 e. The number of amides is 1. The number of rotatable bonds is 8. The van der Waals surface area contributed by atoms with E-state index in [1.165, 1.54) is 0 Å². The molecule has 1 rings (SSSR count). The number of hydrogen-bond donors (Lipinski definition) is 2. The molecular formula is C16H24N2O3. The predicted molar refractivity (Wildman–Crippen MR) is 81.8 cm³/mol. The van der Waals surface area contributed by atoms with Crippen LogP contribution in [-0.2, 0) is 16.0 Å². The summed E-state index contributed by atoms with van der Waals surface area (Å²) in [6.45, 7) is 3.93. The zero-order chi connectivity index (χ0) is 15.8. The van der Waals surface area contributed by atoms with Crippen molar-refractivity contribution in [1.82, 2.24) is 4.90 Å². The molecular weight excluding hydrogens is 268 g/mol. The first-order valence-corrected chi connectivity index (χ1v) is 7.23. The van der Waals surface area contributed by atoms with Gasteiger partial charge in [0.1, 0.15) is 0 Å². The molecule has 116 valence electrons. The van der Waals surface area contributed by atoms with Crippen molar-refractivity contribution < 1.29 is 14.7 Å². The second kappa shape index (κ2) is 8.42. The number of aryl methyl sites for hydroxylation is 1. The smallest absolute Gasteiger partial charge is 0.305 e. The number of carboxylic acid groups (broad SMARTS) is 1. The van der Waals surface area contributed by atoms with Crippen LogP contribution in [-0.4, -0.2) is 40.5 Å². The largest absolute Gasteiger partial charge is 0.481 e. The van der Waals surface area contributed by atoms with E-state index < -0.39 is 12.0 Å². The Hall–Kier alpha value is -1.88. The summed E-state index contributed by atoms with van der Waals surface area (Å²) < 4.78 is 0. The molecule has 0 heterocycles. The van der Waals surface area contributed by atoms with E-state index in [9.17, 15) is 9.59 Å². The molecule has 1 atom stereocenters. The van der Waals surface area contributed by atoms with E-state index in [0.29, 0.717) is 6.42 Å². The Morgan fingerprint density at radius 2 is 1.86 bits per heavy atom. The minimum atomic E-state index is -0.911. The molecule has 0 aliphatic rings. The lowest BCUT2D eigenvalue weighted by Gasteiger charge is -2.29. The lowest BCUT2D eigenvalue weighted by atomic mass is 10.0. The first-order chi connectivity index (χ1) is 9.91. The molecule has 0 radical (unpaired) electrons. The van der Waals surface area contributed by atoms with Crippen molar-refractivity contribution >= 4 is 11.9 Å². The maximum Gasteiger partial charge on any atom is 0.305 e. The number of aliphatic carboxylic acids is 1. The summed E-state index contributed by atoms with van der Waals surface area (Å²) in [5.74, 6) is -1.09.